The smallest absolute Gasteiger partial charge is 0.262 e. The maximum absolute atomic E-state index is 12.3. The van der Waals surface area contributed by atoms with Gasteiger partial charge in [-0.25, -0.2) is 4.98 Å². The fourth-order valence-corrected chi connectivity index (χ4v) is 5.78. The van der Waals surface area contributed by atoms with Crippen molar-refractivity contribution in [1.29, 1.82) is 0 Å². The molecule has 8 nitrogen and oxygen atoms in total. The molecular formula is C25H27BrN6O2S. The average Bonchev–Trinajstić information content (AvgIpc) is 3.44. The second kappa shape index (κ2) is 10.1. The summed E-state index contributed by atoms with van der Waals surface area (Å²) in [5.74, 6) is -0.0493. The van der Waals surface area contributed by atoms with E-state index in [0.29, 0.717) is 10.6 Å². The van der Waals surface area contributed by atoms with Crippen LogP contribution in [0, 0.1) is 0 Å². The van der Waals surface area contributed by atoms with Gasteiger partial charge >= 0.3 is 0 Å². The first-order valence-corrected chi connectivity index (χ1v) is 13.1. The predicted molar refractivity (Wildman–Crippen MR) is 141 cm³/mol. The Morgan fingerprint density at radius 3 is 2.71 bits per heavy atom. The van der Waals surface area contributed by atoms with Gasteiger partial charge in [-0.2, -0.15) is 0 Å². The second-order valence-electron chi connectivity index (χ2n) is 8.78. The number of nitrogens with zero attached hydrogens (tertiary/aromatic N) is 5. The van der Waals surface area contributed by atoms with Gasteiger partial charge < -0.3 is 15.4 Å². The Morgan fingerprint density at radius 2 is 1.97 bits per heavy atom. The number of fused-ring (bicyclic) bond motifs is 1. The number of imidazole rings is 1. The van der Waals surface area contributed by atoms with Crippen LogP contribution < -0.4 is 10.5 Å². The van der Waals surface area contributed by atoms with Crippen molar-refractivity contribution in [2.75, 3.05) is 33.2 Å². The van der Waals surface area contributed by atoms with E-state index in [1.54, 1.807) is 6.33 Å². The minimum atomic E-state index is -0.516. The number of aromatic nitrogens is 3. The number of ether oxygens (including phenoxy) is 1. The SMILES string of the molecule is C[C@@H](Oc1cc(-n2cnc3cnc(CN4CCN(C)CC4)cc32)sc1C(N)=O)c1ccccc1Br. The minimum Gasteiger partial charge on any atom is -0.484 e. The monoisotopic (exact) mass is 554 g/mol. The van der Waals surface area contributed by atoms with Crippen LogP contribution in [0.2, 0.25) is 0 Å². The molecule has 1 saturated heterocycles. The summed E-state index contributed by atoms with van der Waals surface area (Å²) >= 11 is 4.87. The number of hydrogen-bond acceptors (Lipinski definition) is 7. The molecule has 35 heavy (non-hydrogen) atoms. The molecule has 3 aromatic heterocycles. The minimum absolute atomic E-state index is 0.273. The summed E-state index contributed by atoms with van der Waals surface area (Å²) in [6.07, 6.45) is 3.29. The van der Waals surface area contributed by atoms with E-state index >= 15 is 0 Å². The van der Waals surface area contributed by atoms with Crippen molar-refractivity contribution in [2.45, 2.75) is 19.6 Å². The van der Waals surface area contributed by atoms with E-state index in [2.05, 4.69) is 48.8 Å². The van der Waals surface area contributed by atoms with Gasteiger partial charge in [0.2, 0.25) is 0 Å². The summed E-state index contributed by atoms with van der Waals surface area (Å²) in [5.41, 5.74) is 9.43. The van der Waals surface area contributed by atoms with E-state index in [9.17, 15) is 4.79 Å². The van der Waals surface area contributed by atoms with Crippen LogP contribution in [0.4, 0.5) is 0 Å². The molecule has 10 heteroatoms. The molecule has 0 aliphatic carbocycles. The Morgan fingerprint density at radius 1 is 1.20 bits per heavy atom. The van der Waals surface area contributed by atoms with E-state index in [1.807, 2.05) is 48.0 Å². The van der Waals surface area contributed by atoms with Crippen molar-refractivity contribution in [3.05, 3.63) is 69.5 Å². The van der Waals surface area contributed by atoms with Crippen LogP contribution in [0.15, 0.2) is 53.4 Å². The van der Waals surface area contributed by atoms with Gasteiger partial charge in [-0.3, -0.25) is 19.2 Å². The zero-order chi connectivity index (χ0) is 24.5. The molecule has 1 amide bonds. The fraction of sp³-hybridized carbons (Fsp3) is 0.320. The van der Waals surface area contributed by atoms with E-state index in [0.717, 1.165) is 64.5 Å². The van der Waals surface area contributed by atoms with Gasteiger partial charge in [-0.05, 0) is 26.1 Å². The van der Waals surface area contributed by atoms with Gasteiger partial charge in [-0.1, -0.05) is 34.1 Å². The van der Waals surface area contributed by atoms with Crippen LogP contribution in [0.25, 0.3) is 16.0 Å². The number of primary amides is 1. The lowest BCUT2D eigenvalue weighted by Crippen LogP contribution is -2.44. The molecular weight excluding hydrogens is 528 g/mol. The molecule has 0 radical (unpaired) electrons. The molecule has 0 bridgehead atoms. The molecule has 1 aliphatic rings. The van der Waals surface area contributed by atoms with Gasteiger partial charge in [0.25, 0.3) is 5.91 Å². The molecule has 182 valence electrons. The summed E-state index contributed by atoms with van der Waals surface area (Å²) in [6, 6.07) is 11.8. The Balaban J connectivity index is 1.44. The normalized spacial score (nSPS) is 16.0. The second-order valence-corrected chi connectivity index (χ2v) is 10.7. The number of piperazine rings is 1. The molecule has 4 heterocycles. The molecule has 1 atom stereocenters. The molecule has 0 unspecified atom stereocenters. The van der Waals surface area contributed by atoms with Crippen LogP contribution in [-0.2, 0) is 6.54 Å². The summed E-state index contributed by atoms with van der Waals surface area (Å²) in [4.78, 5) is 26.5. The van der Waals surface area contributed by atoms with Gasteiger partial charge in [0, 0.05) is 48.8 Å². The Hall–Kier alpha value is -2.79. The summed E-state index contributed by atoms with van der Waals surface area (Å²) in [5, 5.41) is 0.812. The number of likely N-dealkylation sites (N-methyl/N-ethyl adjacent to an activating group) is 1. The highest BCUT2D eigenvalue weighted by molar-refractivity contribution is 9.10. The topological polar surface area (TPSA) is 89.5 Å². The first kappa shape index (κ1) is 23.9. The number of carbonyl (C=O) groups excluding carboxylic acids is 1. The van der Waals surface area contributed by atoms with Crippen LogP contribution in [0.5, 0.6) is 5.75 Å². The largest absolute Gasteiger partial charge is 0.484 e. The maximum atomic E-state index is 12.3. The van der Waals surface area contributed by atoms with Crippen LogP contribution in [0.1, 0.15) is 34.0 Å². The zero-order valence-corrected chi connectivity index (χ0v) is 22.1. The van der Waals surface area contributed by atoms with E-state index in [4.69, 9.17) is 10.5 Å². The van der Waals surface area contributed by atoms with Gasteiger partial charge in [-0.15, -0.1) is 11.3 Å². The highest BCUT2D eigenvalue weighted by atomic mass is 79.9. The Kier molecular flexibility index (Phi) is 6.88. The number of carbonyl (C=O) groups is 1. The third-order valence-electron chi connectivity index (χ3n) is 6.26. The lowest BCUT2D eigenvalue weighted by molar-refractivity contribution is 0.0998. The lowest BCUT2D eigenvalue weighted by Gasteiger charge is -2.32. The first-order valence-electron chi connectivity index (χ1n) is 11.5. The van der Waals surface area contributed by atoms with Crippen LogP contribution >= 0.6 is 27.3 Å². The van der Waals surface area contributed by atoms with E-state index in [1.165, 1.54) is 11.3 Å². The molecule has 4 aromatic rings. The number of rotatable bonds is 7. The summed E-state index contributed by atoms with van der Waals surface area (Å²) in [6.45, 7) is 6.92. The lowest BCUT2D eigenvalue weighted by atomic mass is 10.1. The van der Waals surface area contributed by atoms with E-state index < -0.39 is 5.91 Å². The zero-order valence-electron chi connectivity index (χ0n) is 19.6. The third-order valence-corrected chi connectivity index (χ3v) is 8.12. The fourth-order valence-electron chi connectivity index (χ4n) is 4.25. The predicted octanol–water partition coefficient (Wildman–Crippen LogP) is 4.23. The number of benzene rings is 1. The van der Waals surface area contributed by atoms with Gasteiger partial charge in [0.15, 0.2) is 0 Å². The van der Waals surface area contributed by atoms with Crippen LogP contribution in [-0.4, -0.2) is 63.5 Å². The average molecular weight is 556 g/mol. The standard InChI is InChI=1S/C25H27BrN6O2S/c1-16(18-5-3-4-6-19(18)26)34-22-12-23(35-24(22)25(27)33)32-15-29-20-13-28-17(11-21(20)32)14-31-9-7-30(2)8-10-31/h3-6,11-13,15-16H,7-10,14H2,1-2H3,(H2,27,33)/t16-/m1/s1. The molecule has 0 spiro atoms. The van der Waals surface area contributed by atoms with Crippen molar-refractivity contribution >= 4 is 44.2 Å². The first-order chi connectivity index (χ1) is 16.9. The Bertz CT molecular complexity index is 1360. The number of hydrogen-bond donors (Lipinski definition) is 1. The van der Waals surface area contributed by atoms with Gasteiger partial charge in [0.1, 0.15) is 33.6 Å². The molecule has 0 saturated carbocycles. The number of nitrogens with two attached hydrogens (primary N) is 1. The molecule has 2 N–H and O–H groups in total. The number of pyridine rings is 1. The van der Waals surface area contributed by atoms with Crippen LogP contribution in [0.3, 0.4) is 0 Å². The highest BCUT2D eigenvalue weighted by Crippen LogP contribution is 2.37. The third kappa shape index (κ3) is 5.11. The van der Waals surface area contributed by atoms with E-state index in [-0.39, 0.29) is 6.10 Å². The van der Waals surface area contributed by atoms with Crippen molar-refractivity contribution in [3.8, 4) is 10.8 Å². The maximum Gasteiger partial charge on any atom is 0.262 e. The van der Waals surface area contributed by atoms with Crippen molar-refractivity contribution in [1.82, 2.24) is 24.3 Å². The van der Waals surface area contributed by atoms with Gasteiger partial charge in [0.05, 0.1) is 17.4 Å². The quantitative estimate of drug-likeness (QED) is 0.367. The summed E-state index contributed by atoms with van der Waals surface area (Å²) < 4.78 is 9.14. The number of thiophene rings is 1. The Labute approximate surface area is 216 Å². The van der Waals surface area contributed by atoms with Crippen molar-refractivity contribution < 1.29 is 9.53 Å². The molecule has 1 fully saturated rings. The van der Waals surface area contributed by atoms with Crippen molar-refractivity contribution in [2.24, 2.45) is 5.73 Å². The summed E-state index contributed by atoms with van der Waals surface area (Å²) in [7, 11) is 2.15. The molecule has 5 rings (SSSR count). The number of halogens is 1. The highest BCUT2D eigenvalue weighted by Gasteiger charge is 2.21. The van der Waals surface area contributed by atoms with Crippen molar-refractivity contribution in [3.63, 3.8) is 0 Å². The molecule has 1 aromatic carbocycles. The number of amides is 1. The molecule has 1 aliphatic heterocycles.